The molecule has 0 saturated carbocycles. The van der Waals surface area contributed by atoms with Crippen molar-refractivity contribution in [3.05, 3.63) is 81.7 Å². The Balaban J connectivity index is 2.08. The van der Waals surface area contributed by atoms with Gasteiger partial charge in [0.15, 0.2) is 5.75 Å². The van der Waals surface area contributed by atoms with Gasteiger partial charge in [-0.25, -0.2) is 4.39 Å². The molecule has 3 aromatic rings. The van der Waals surface area contributed by atoms with Crippen LogP contribution in [0.2, 0.25) is 0 Å². The minimum Gasteiger partial charge on any atom is -0.505 e. The Labute approximate surface area is 173 Å². The molecule has 6 nitrogen and oxygen atoms in total. The minimum atomic E-state index is -0.711. The van der Waals surface area contributed by atoms with Gasteiger partial charge >= 0.3 is 0 Å². The second-order valence-corrected chi connectivity index (χ2v) is 7.42. The van der Waals surface area contributed by atoms with E-state index in [0.717, 1.165) is 11.1 Å². The van der Waals surface area contributed by atoms with Gasteiger partial charge in [0.1, 0.15) is 16.9 Å². The maximum Gasteiger partial charge on any atom is 0.267 e. The normalized spacial score (nSPS) is 11.1. The largest absolute Gasteiger partial charge is 0.505 e. The smallest absolute Gasteiger partial charge is 0.267 e. The van der Waals surface area contributed by atoms with Crippen LogP contribution in [0.1, 0.15) is 42.3 Å². The minimum absolute atomic E-state index is 0.0166. The maximum atomic E-state index is 13.1. The molecule has 0 aliphatic rings. The van der Waals surface area contributed by atoms with Crippen molar-refractivity contribution in [2.45, 2.75) is 33.7 Å². The van der Waals surface area contributed by atoms with Crippen molar-refractivity contribution in [1.82, 2.24) is 14.9 Å². The van der Waals surface area contributed by atoms with Gasteiger partial charge in [-0.3, -0.25) is 14.6 Å². The van der Waals surface area contributed by atoms with Gasteiger partial charge in [-0.05, 0) is 48.6 Å². The van der Waals surface area contributed by atoms with E-state index in [-0.39, 0.29) is 22.8 Å². The van der Waals surface area contributed by atoms with Crippen LogP contribution in [-0.4, -0.2) is 20.6 Å². The van der Waals surface area contributed by atoms with E-state index in [9.17, 15) is 19.1 Å². The number of aromatic hydroxyl groups is 1. The van der Waals surface area contributed by atoms with Crippen molar-refractivity contribution in [2.75, 3.05) is 0 Å². The lowest BCUT2D eigenvalue weighted by Gasteiger charge is -2.15. The van der Waals surface area contributed by atoms with Gasteiger partial charge in [0.25, 0.3) is 11.5 Å². The molecule has 1 aromatic carbocycles. The first-order valence-electron chi connectivity index (χ1n) is 9.71. The van der Waals surface area contributed by atoms with E-state index in [0.29, 0.717) is 24.2 Å². The van der Waals surface area contributed by atoms with Crippen LogP contribution in [0.25, 0.3) is 11.0 Å². The molecule has 7 heteroatoms. The van der Waals surface area contributed by atoms with Gasteiger partial charge in [-0.2, -0.15) is 0 Å². The molecule has 156 valence electrons. The standard InChI is InChI=1S/C23H24FN3O3/c1-5-27-18-11-16(10-15-6-8-17(24)9-7-15)12-25-20(18)21(28)19(23(27)30)22(29)26-14(4)13(2)3/h6-9,11-13,28H,4-5,10H2,1-3H3,(H,26,29). The van der Waals surface area contributed by atoms with E-state index in [2.05, 4.69) is 16.9 Å². The molecule has 0 aliphatic carbocycles. The van der Waals surface area contributed by atoms with Crippen molar-refractivity contribution in [2.24, 2.45) is 5.92 Å². The molecule has 1 amide bonds. The summed E-state index contributed by atoms with van der Waals surface area (Å²) in [7, 11) is 0. The molecule has 0 unspecified atom stereocenters. The number of aryl methyl sites for hydroxylation is 1. The van der Waals surface area contributed by atoms with Crippen LogP contribution in [-0.2, 0) is 13.0 Å². The van der Waals surface area contributed by atoms with Gasteiger partial charge in [0.05, 0.1) is 5.52 Å². The molecule has 2 heterocycles. The number of hydrogen-bond acceptors (Lipinski definition) is 4. The number of carbonyl (C=O) groups excluding carboxylic acids is 1. The summed E-state index contributed by atoms with van der Waals surface area (Å²) in [4.78, 5) is 29.9. The Morgan fingerprint density at radius 1 is 1.27 bits per heavy atom. The highest BCUT2D eigenvalue weighted by Crippen LogP contribution is 2.26. The monoisotopic (exact) mass is 409 g/mol. The zero-order chi connectivity index (χ0) is 22.0. The number of aromatic nitrogens is 2. The zero-order valence-electron chi connectivity index (χ0n) is 17.2. The van der Waals surface area contributed by atoms with Crippen LogP contribution < -0.4 is 10.9 Å². The zero-order valence-corrected chi connectivity index (χ0v) is 17.2. The third kappa shape index (κ3) is 4.10. The van der Waals surface area contributed by atoms with Gasteiger partial charge in [-0.1, -0.05) is 32.6 Å². The Bertz CT molecular complexity index is 1180. The van der Waals surface area contributed by atoms with Crippen LogP contribution >= 0.6 is 0 Å². The number of hydrogen-bond donors (Lipinski definition) is 2. The quantitative estimate of drug-likeness (QED) is 0.649. The van der Waals surface area contributed by atoms with Crippen LogP contribution in [0.4, 0.5) is 4.39 Å². The van der Waals surface area contributed by atoms with E-state index in [4.69, 9.17) is 0 Å². The lowest BCUT2D eigenvalue weighted by Crippen LogP contribution is -2.33. The fraction of sp³-hybridized carbons (Fsp3) is 0.261. The molecule has 0 fully saturated rings. The third-order valence-corrected chi connectivity index (χ3v) is 4.97. The topological polar surface area (TPSA) is 84.2 Å². The van der Waals surface area contributed by atoms with Crippen LogP contribution in [0, 0.1) is 11.7 Å². The maximum absolute atomic E-state index is 13.1. The third-order valence-electron chi connectivity index (χ3n) is 4.97. The summed E-state index contributed by atoms with van der Waals surface area (Å²) in [5.41, 5.74) is 1.76. The SMILES string of the molecule is C=C(NC(=O)c1c(O)c2ncc(Cc3ccc(F)cc3)cc2n(CC)c1=O)C(C)C. The summed E-state index contributed by atoms with van der Waals surface area (Å²) in [6.45, 7) is 9.57. The summed E-state index contributed by atoms with van der Waals surface area (Å²) >= 11 is 0. The number of benzene rings is 1. The Kier molecular flexibility index (Phi) is 6.01. The Morgan fingerprint density at radius 2 is 1.93 bits per heavy atom. The highest BCUT2D eigenvalue weighted by Gasteiger charge is 2.23. The highest BCUT2D eigenvalue weighted by molar-refractivity contribution is 6.02. The molecule has 0 radical (unpaired) electrons. The van der Waals surface area contributed by atoms with Crippen molar-refractivity contribution in [3.8, 4) is 5.75 Å². The van der Waals surface area contributed by atoms with Crippen molar-refractivity contribution in [1.29, 1.82) is 0 Å². The van der Waals surface area contributed by atoms with E-state index < -0.39 is 17.2 Å². The number of carbonyl (C=O) groups is 1. The molecule has 3 rings (SSSR count). The Morgan fingerprint density at radius 3 is 2.53 bits per heavy atom. The molecule has 0 saturated heterocycles. The summed E-state index contributed by atoms with van der Waals surface area (Å²) in [6, 6.07) is 7.88. The van der Waals surface area contributed by atoms with Crippen LogP contribution in [0.3, 0.4) is 0 Å². The predicted octanol–water partition coefficient (Wildman–Crippen LogP) is 3.75. The molecule has 2 aromatic heterocycles. The fourth-order valence-corrected chi connectivity index (χ4v) is 3.15. The molecular formula is C23H24FN3O3. The molecular weight excluding hydrogens is 385 g/mol. The first kappa shape index (κ1) is 21.2. The highest BCUT2D eigenvalue weighted by atomic mass is 19.1. The van der Waals surface area contributed by atoms with Crippen molar-refractivity contribution < 1.29 is 14.3 Å². The predicted molar refractivity (Wildman–Crippen MR) is 114 cm³/mol. The number of rotatable bonds is 6. The molecule has 0 aliphatic heterocycles. The van der Waals surface area contributed by atoms with Crippen LogP contribution in [0.15, 0.2) is 53.6 Å². The lowest BCUT2D eigenvalue weighted by atomic mass is 10.0. The summed E-state index contributed by atoms with van der Waals surface area (Å²) in [5.74, 6) is -1.50. The van der Waals surface area contributed by atoms with Crippen molar-refractivity contribution in [3.63, 3.8) is 0 Å². The number of pyridine rings is 2. The van der Waals surface area contributed by atoms with Gasteiger partial charge < -0.3 is 15.0 Å². The second-order valence-electron chi connectivity index (χ2n) is 7.42. The van der Waals surface area contributed by atoms with E-state index in [1.165, 1.54) is 16.7 Å². The summed E-state index contributed by atoms with van der Waals surface area (Å²) in [6.07, 6.45) is 2.06. The Hall–Kier alpha value is -3.48. The molecule has 0 bridgehead atoms. The first-order valence-corrected chi connectivity index (χ1v) is 9.71. The van der Waals surface area contributed by atoms with Crippen molar-refractivity contribution >= 4 is 16.9 Å². The first-order chi connectivity index (χ1) is 14.2. The number of fused-ring (bicyclic) bond motifs is 1. The summed E-state index contributed by atoms with van der Waals surface area (Å²) < 4.78 is 14.5. The molecule has 0 atom stereocenters. The fourth-order valence-electron chi connectivity index (χ4n) is 3.15. The molecule has 0 spiro atoms. The molecule has 30 heavy (non-hydrogen) atoms. The average molecular weight is 409 g/mol. The van der Waals surface area contributed by atoms with E-state index >= 15 is 0 Å². The number of nitrogens with one attached hydrogen (secondary N) is 1. The number of amides is 1. The van der Waals surface area contributed by atoms with Gasteiger partial charge in [0, 0.05) is 18.4 Å². The second kappa shape index (κ2) is 8.49. The molecule has 2 N–H and O–H groups in total. The van der Waals surface area contributed by atoms with E-state index in [1.54, 1.807) is 31.3 Å². The lowest BCUT2D eigenvalue weighted by molar-refractivity contribution is 0.0958. The number of allylic oxidation sites excluding steroid dienone is 1. The van der Waals surface area contributed by atoms with Gasteiger partial charge in [0.2, 0.25) is 0 Å². The van der Waals surface area contributed by atoms with E-state index in [1.807, 2.05) is 13.8 Å². The number of halogens is 1. The number of nitrogens with zero attached hydrogens (tertiary/aromatic N) is 2. The van der Waals surface area contributed by atoms with Gasteiger partial charge in [-0.15, -0.1) is 0 Å². The average Bonchev–Trinajstić information content (AvgIpc) is 2.70. The summed E-state index contributed by atoms with van der Waals surface area (Å²) in [5, 5.41) is 13.3. The van der Waals surface area contributed by atoms with Crippen LogP contribution in [0.5, 0.6) is 5.75 Å².